The number of ketones is 2. The van der Waals surface area contributed by atoms with Gasteiger partial charge in [-0.25, -0.2) is 0 Å². The monoisotopic (exact) mass is 336 g/mol. The van der Waals surface area contributed by atoms with Gasteiger partial charge in [0.1, 0.15) is 0 Å². The quantitative estimate of drug-likeness (QED) is 0.450. The number of carbonyl (C=O) groups is 4. The number of ether oxygens (including phenoxy) is 2. The van der Waals surface area contributed by atoms with Crippen molar-refractivity contribution in [1.82, 2.24) is 0 Å². The minimum absolute atomic E-state index is 0.204. The van der Waals surface area contributed by atoms with E-state index in [1.54, 1.807) is 13.8 Å². The van der Waals surface area contributed by atoms with Gasteiger partial charge in [0.05, 0.1) is 13.2 Å². The molecule has 1 rings (SSSR count). The molecule has 0 spiro atoms. The Hall–Kier alpha value is -2.24. The zero-order chi connectivity index (χ0) is 17.9. The Balaban J connectivity index is 2.43. The topological polar surface area (TPSA) is 86.7 Å². The molecule has 1 aliphatic carbocycles. The molecule has 6 nitrogen and oxygen atoms in total. The molecule has 0 heterocycles. The number of esters is 2. The fourth-order valence-electron chi connectivity index (χ4n) is 2.35. The van der Waals surface area contributed by atoms with Gasteiger partial charge in [0.2, 0.25) is 0 Å². The first-order valence-corrected chi connectivity index (χ1v) is 8.29. The van der Waals surface area contributed by atoms with Crippen LogP contribution in [0.4, 0.5) is 0 Å². The predicted molar refractivity (Wildman–Crippen MR) is 87.1 cm³/mol. The molecule has 0 saturated carbocycles. The largest absolute Gasteiger partial charge is 0.466 e. The van der Waals surface area contributed by atoms with E-state index in [0.717, 1.165) is 0 Å². The van der Waals surface area contributed by atoms with Crippen LogP contribution in [0.3, 0.4) is 0 Å². The number of hydrogen-bond acceptors (Lipinski definition) is 6. The van der Waals surface area contributed by atoms with E-state index in [2.05, 4.69) is 0 Å². The third-order valence-corrected chi connectivity index (χ3v) is 3.51. The summed E-state index contributed by atoms with van der Waals surface area (Å²) in [6.07, 6.45) is 4.81. The first-order chi connectivity index (χ1) is 11.5. The Bertz CT molecular complexity index is 506. The van der Waals surface area contributed by atoms with Crippen molar-refractivity contribution in [1.29, 1.82) is 0 Å². The van der Waals surface area contributed by atoms with Crippen LogP contribution < -0.4 is 0 Å². The van der Waals surface area contributed by atoms with Gasteiger partial charge in [0.25, 0.3) is 0 Å². The van der Waals surface area contributed by atoms with Gasteiger partial charge >= 0.3 is 11.9 Å². The number of hydrogen-bond donors (Lipinski definition) is 0. The Kier molecular flexibility index (Phi) is 8.68. The molecule has 24 heavy (non-hydrogen) atoms. The van der Waals surface area contributed by atoms with Crippen LogP contribution in [-0.2, 0) is 28.7 Å². The highest BCUT2D eigenvalue weighted by atomic mass is 16.5. The maximum Gasteiger partial charge on any atom is 0.305 e. The van der Waals surface area contributed by atoms with Crippen molar-refractivity contribution in [3.05, 3.63) is 23.3 Å². The summed E-state index contributed by atoms with van der Waals surface area (Å²) in [5, 5.41) is 0. The van der Waals surface area contributed by atoms with Gasteiger partial charge in [0, 0.05) is 24.0 Å². The van der Waals surface area contributed by atoms with Gasteiger partial charge < -0.3 is 9.47 Å². The highest BCUT2D eigenvalue weighted by Gasteiger charge is 2.20. The Morgan fingerprint density at radius 3 is 1.50 bits per heavy atom. The van der Waals surface area contributed by atoms with E-state index < -0.39 is 0 Å². The minimum atomic E-state index is -0.303. The van der Waals surface area contributed by atoms with E-state index in [1.807, 2.05) is 0 Å². The molecular weight excluding hydrogens is 312 g/mol. The van der Waals surface area contributed by atoms with Gasteiger partial charge in [0.15, 0.2) is 11.6 Å². The third-order valence-electron chi connectivity index (χ3n) is 3.51. The molecule has 6 heteroatoms. The van der Waals surface area contributed by atoms with Crippen molar-refractivity contribution in [3.8, 4) is 0 Å². The van der Waals surface area contributed by atoms with E-state index in [1.165, 1.54) is 12.2 Å². The Morgan fingerprint density at radius 1 is 0.792 bits per heavy atom. The molecule has 0 N–H and O–H groups in total. The van der Waals surface area contributed by atoms with Crippen molar-refractivity contribution in [2.45, 2.75) is 52.4 Å². The van der Waals surface area contributed by atoms with Crippen molar-refractivity contribution in [2.24, 2.45) is 0 Å². The fourth-order valence-corrected chi connectivity index (χ4v) is 2.35. The molecule has 0 atom stereocenters. The molecule has 0 fully saturated rings. The predicted octanol–water partition coefficient (Wildman–Crippen LogP) is 2.46. The molecular formula is C18H24O6. The molecule has 0 aliphatic heterocycles. The third kappa shape index (κ3) is 6.89. The van der Waals surface area contributed by atoms with E-state index in [9.17, 15) is 19.2 Å². The van der Waals surface area contributed by atoms with Crippen LogP contribution in [0.15, 0.2) is 23.3 Å². The second-order valence-corrected chi connectivity index (χ2v) is 5.38. The molecule has 0 radical (unpaired) electrons. The fraction of sp³-hybridized carbons (Fsp3) is 0.556. The lowest BCUT2D eigenvalue weighted by molar-refractivity contribution is -0.144. The molecule has 0 bridgehead atoms. The second-order valence-electron chi connectivity index (χ2n) is 5.38. The van der Waals surface area contributed by atoms with Gasteiger partial charge in [-0.15, -0.1) is 0 Å². The molecule has 0 unspecified atom stereocenters. The summed E-state index contributed by atoms with van der Waals surface area (Å²) in [4.78, 5) is 46.6. The molecule has 0 aromatic heterocycles. The average molecular weight is 336 g/mol. The highest BCUT2D eigenvalue weighted by Crippen LogP contribution is 2.20. The lowest BCUT2D eigenvalue weighted by Gasteiger charge is -2.12. The number of allylic oxidation sites excluding steroid dienone is 4. The van der Waals surface area contributed by atoms with E-state index in [4.69, 9.17) is 9.47 Å². The Morgan fingerprint density at radius 2 is 1.17 bits per heavy atom. The Labute approximate surface area is 141 Å². The van der Waals surface area contributed by atoms with Gasteiger partial charge in [-0.2, -0.15) is 0 Å². The van der Waals surface area contributed by atoms with Crippen LogP contribution in [-0.4, -0.2) is 36.7 Å². The number of rotatable bonds is 10. The molecule has 132 valence electrons. The van der Waals surface area contributed by atoms with Crippen molar-refractivity contribution >= 4 is 23.5 Å². The van der Waals surface area contributed by atoms with E-state index in [0.29, 0.717) is 50.0 Å². The SMILES string of the molecule is CCOC(=O)CCCC1=CC(=O)C(CCCC(=O)OCC)=CC1=O. The summed E-state index contributed by atoms with van der Waals surface area (Å²) < 4.78 is 9.63. The molecule has 0 amide bonds. The summed E-state index contributed by atoms with van der Waals surface area (Å²) in [7, 11) is 0. The highest BCUT2D eigenvalue weighted by molar-refractivity contribution is 6.19. The van der Waals surface area contributed by atoms with Crippen molar-refractivity contribution in [2.75, 3.05) is 13.2 Å². The standard InChI is InChI=1S/C18H24O6/c1-3-23-17(21)9-5-7-13-11-16(20)14(12-15(13)19)8-6-10-18(22)24-4-2/h11-12H,3-10H2,1-2H3. The summed E-state index contributed by atoms with van der Waals surface area (Å²) in [5.74, 6) is -1.01. The zero-order valence-electron chi connectivity index (χ0n) is 14.3. The van der Waals surface area contributed by atoms with Crippen LogP contribution in [0.2, 0.25) is 0 Å². The van der Waals surface area contributed by atoms with E-state index in [-0.39, 0.29) is 36.3 Å². The smallest absolute Gasteiger partial charge is 0.305 e. The summed E-state index contributed by atoms with van der Waals surface area (Å²) in [6, 6.07) is 0. The van der Waals surface area contributed by atoms with E-state index >= 15 is 0 Å². The summed E-state index contributed by atoms with van der Waals surface area (Å²) in [6.45, 7) is 4.13. The van der Waals surface area contributed by atoms with Crippen LogP contribution in [0.1, 0.15) is 52.4 Å². The molecule has 0 aromatic rings. The first-order valence-electron chi connectivity index (χ1n) is 8.29. The first kappa shape index (κ1) is 19.8. The molecule has 1 aliphatic rings. The lowest BCUT2D eigenvalue weighted by atomic mass is 9.91. The van der Waals surface area contributed by atoms with Crippen LogP contribution in [0, 0.1) is 0 Å². The van der Waals surface area contributed by atoms with Gasteiger partial charge in [-0.05, 0) is 51.7 Å². The zero-order valence-corrected chi connectivity index (χ0v) is 14.3. The lowest BCUT2D eigenvalue weighted by Crippen LogP contribution is -2.14. The second kappa shape index (κ2) is 10.5. The van der Waals surface area contributed by atoms with Crippen LogP contribution in [0.5, 0.6) is 0 Å². The van der Waals surface area contributed by atoms with Gasteiger partial charge in [-0.1, -0.05) is 0 Å². The van der Waals surface area contributed by atoms with Crippen LogP contribution in [0.25, 0.3) is 0 Å². The van der Waals surface area contributed by atoms with Gasteiger partial charge in [-0.3, -0.25) is 19.2 Å². The summed E-state index contributed by atoms with van der Waals surface area (Å²) >= 11 is 0. The molecule has 0 aromatic carbocycles. The maximum atomic E-state index is 12.0. The molecule has 0 saturated heterocycles. The average Bonchev–Trinajstić information content (AvgIpc) is 2.52. The van der Waals surface area contributed by atoms with Crippen LogP contribution >= 0.6 is 0 Å². The summed E-state index contributed by atoms with van der Waals surface area (Å²) in [5.41, 5.74) is 0.830. The minimum Gasteiger partial charge on any atom is -0.466 e. The number of carbonyl (C=O) groups excluding carboxylic acids is 4. The normalized spacial score (nSPS) is 14.1. The van der Waals surface area contributed by atoms with Crippen molar-refractivity contribution < 1.29 is 28.7 Å². The van der Waals surface area contributed by atoms with Crippen molar-refractivity contribution in [3.63, 3.8) is 0 Å². The maximum absolute atomic E-state index is 12.0.